The van der Waals surface area contributed by atoms with Gasteiger partial charge in [-0.15, -0.1) is 0 Å². The Morgan fingerprint density at radius 3 is 1.24 bits per heavy atom. The van der Waals surface area contributed by atoms with Crippen LogP contribution in [0.2, 0.25) is 0 Å². The lowest BCUT2D eigenvalue weighted by Crippen LogP contribution is -2.42. The van der Waals surface area contributed by atoms with Crippen molar-refractivity contribution in [1.29, 1.82) is 0 Å². The first kappa shape index (κ1) is 26.5. The molecule has 2 amide bonds. The Morgan fingerprint density at radius 2 is 0.970 bits per heavy atom. The molecule has 33 heavy (non-hydrogen) atoms. The number of carbonyl (C=O) groups excluding carboxylic acids is 2. The first-order chi connectivity index (χ1) is 15.2. The number of amides is 2. The molecule has 0 bridgehead atoms. The van der Waals surface area contributed by atoms with Gasteiger partial charge in [-0.05, 0) is 53.9 Å². The van der Waals surface area contributed by atoms with Gasteiger partial charge in [-0.2, -0.15) is 0 Å². The molecule has 180 valence electrons. The highest BCUT2D eigenvalue weighted by Crippen LogP contribution is 2.19. The van der Waals surface area contributed by atoms with Crippen molar-refractivity contribution in [1.82, 2.24) is 9.44 Å². The first-order valence-electron chi connectivity index (χ1n) is 9.95. The summed E-state index contributed by atoms with van der Waals surface area (Å²) in [6.45, 7) is 6.10. The Hall–Kier alpha value is -2.80. The lowest BCUT2D eigenvalue weighted by molar-refractivity contribution is -0.115. The topological polar surface area (TPSA) is 151 Å². The van der Waals surface area contributed by atoms with Gasteiger partial charge in [0.2, 0.25) is 31.9 Å². The fraction of sp³-hybridized carbons (Fsp3) is 0.333. The zero-order valence-electron chi connectivity index (χ0n) is 18.8. The molecule has 0 spiro atoms. The third-order valence-electron chi connectivity index (χ3n) is 4.45. The van der Waals surface area contributed by atoms with Gasteiger partial charge < -0.3 is 10.6 Å². The van der Waals surface area contributed by atoms with E-state index in [1.165, 1.54) is 62.4 Å². The Balaban J connectivity index is 1.98. The second-order valence-corrected chi connectivity index (χ2v) is 11.8. The third kappa shape index (κ3) is 8.24. The highest BCUT2D eigenvalue weighted by atomic mass is 32.2. The van der Waals surface area contributed by atoms with Gasteiger partial charge in [-0.3, -0.25) is 9.59 Å². The molecule has 4 N–H and O–H groups in total. The summed E-state index contributed by atoms with van der Waals surface area (Å²) in [7, 11) is -7.67. The van der Waals surface area contributed by atoms with Crippen LogP contribution >= 0.6 is 0 Å². The number of carbonyl (C=O) groups is 2. The van der Waals surface area contributed by atoms with Gasteiger partial charge in [0.25, 0.3) is 0 Å². The van der Waals surface area contributed by atoms with Crippen molar-refractivity contribution < 1.29 is 26.4 Å². The summed E-state index contributed by atoms with van der Waals surface area (Å²) in [4.78, 5) is 22.2. The van der Waals surface area contributed by atoms with Crippen LogP contribution in [0.5, 0.6) is 0 Å². The van der Waals surface area contributed by atoms with Crippen LogP contribution in [0.15, 0.2) is 58.3 Å². The van der Waals surface area contributed by atoms with Crippen molar-refractivity contribution in [2.24, 2.45) is 5.41 Å². The minimum absolute atomic E-state index is 0.0206. The molecule has 2 rings (SSSR count). The fourth-order valence-corrected chi connectivity index (χ4v) is 5.13. The average Bonchev–Trinajstić information content (AvgIpc) is 2.71. The molecule has 0 saturated carbocycles. The molecule has 0 heterocycles. The Bertz CT molecular complexity index is 1110. The van der Waals surface area contributed by atoms with E-state index in [1.54, 1.807) is 13.8 Å². The molecule has 2 aromatic carbocycles. The van der Waals surface area contributed by atoms with E-state index < -0.39 is 25.5 Å². The normalized spacial score (nSPS) is 12.2. The molecule has 0 aromatic heterocycles. The van der Waals surface area contributed by atoms with E-state index in [0.29, 0.717) is 11.4 Å². The SMILES string of the molecule is CC(=O)Nc1ccc(S(=O)(=O)NCC(C)(C)CNS(=O)(=O)c2ccc(NC(C)=O)cc2)cc1. The molecule has 12 heteroatoms. The molecule has 0 unspecified atom stereocenters. The Morgan fingerprint density at radius 1 is 0.667 bits per heavy atom. The molecule has 0 radical (unpaired) electrons. The second kappa shape index (κ2) is 10.4. The molecule has 0 aliphatic rings. The molecule has 2 aromatic rings. The second-order valence-electron chi connectivity index (χ2n) is 8.22. The molecule has 10 nitrogen and oxygen atoms in total. The summed E-state index contributed by atoms with van der Waals surface area (Å²) in [6, 6.07) is 11.4. The summed E-state index contributed by atoms with van der Waals surface area (Å²) in [5.41, 5.74) is 0.203. The largest absolute Gasteiger partial charge is 0.326 e. The predicted molar refractivity (Wildman–Crippen MR) is 126 cm³/mol. The lowest BCUT2D eigenvalue weighted by Gasteiger charge is -2.25. The van der Waals surface area contributed by atoms with Crippen LogP contribution in [0, 0.1) is 5.41 Å². The Labute approximate surface area is 194 Å². The smallest absolute Gasteiger partial charge is 0.240 e. The predicted octanol–water partition coefficient (Wildman–Crippen LogP) is 1.89. The summed E-state index contributed by atoms with van der Waals surface area (Å²) in [5, 5.41) is 5.11. The maximum Gasteiger partial charge on any atom is 0.240 e. The summed E-state index contributed by atoms with van der Waals surface area (Å²) >= 11 is 0. The minimum atomic E-state index is -3.83. The molecule has 0 aliphatic heterocycles. The zero-order valence-corrected chi connectivity index (χ0v) is 20.4. The van der Waals surface area contributed by atoms with Crippen molar-refractivity contribution in [2.75, 3.05) is 23.7 Å². The standard InChI is InChI=1S/C21H28N4O6S2/c1-15(26)24-17-5-9-19(10-6-17)32(28,29)22-13-21(3,4)14-23-33(30,31)20-11-7-18(8-12-20)25-16(2)27/h5-12,22-23H,13-14H2,1-4H3,(H,24,26)(H,25,27). The van der Waals surface area contributed by atoms with E-state index in [9.17, 15) is 26.4 Å². The summed E-state index contributed by atoms with van der Waals surface area (Å²) < 4.78 is 55.3. The highest BCUT2D eigenvalue weighted by molar-refractivity contribution is 7.89. The van der Waals surface area contributed by atoms with Gasteiger partial charge in [-0.1, -0.05) is 13.8 Å². The van der Waals surface area contributed by atoms with E-state index in [4.69, 9.17) is 0 Å². The molecular weight excluding hydrogens is 468 g/mol. The van der Waals surface area contributed by atoms with Crippen molar-refractivity contribution in [3.8, 4) is 0 Å². The van der Waals surface area contributed by atoms with Crippen molar-refractivity contribution in [2.45, 2.75) is 37.5 Å². The van der Waals surface area contributed by atoms with Crippen LogP contribution in [0.1, 0.15) is 27.7 Å². The molecule has 0 saturated heterocycles. The number of hydrogen-bond acceptors (Lipinski definition) is 6. The van der Waals surface area contributed by atoms with Crippen LogP contribution in [0.4, 0.5) is 11.4 Å². The zero-order chi connectivity index (χ0) is 24.9. The number of rotatable bonds is 10. The fourth-order valence-electron chi connectivity index (χ4n) is 2.65. The van der Waals surface area contributed by atoms with E-state index in [1.807, 2.05) is 0 Å². The molecule has 0 fully saturated rings. The third-order valence-corrected chi connectivity index (χ3v) is 7.29. The number of anilines is 2. The molecular formula is C21H28N4O6S2. The summed E-state index contributed by atoms with van der Waals surface area (Å²) in [6.07, 6.45) is 0. The van der Waals surface area contributed by atoms with Crippen LogP contribution < -0.4 is 20.1 Å². The molecule has 0 atom stereocenters. The van der Waals surface area contributed by atoms with Crippen LogP contribution in [-0.4, -0.2) is 41.7 Å². The van der Waals surface area contributed by atoms with Crippen molar-refractivity contribution in [3.63, 3.8) is 0 Å². The highest BCUT2D eigenvalue weighted by Gasteiger charge is 2.25. The number of hydrogen-bond donors (Lipinski definition) is 4. The van der Waals surface area contributed by atoms with Crippen molar-refractivity contribution >= 4 is 43.2 Å². The van der Waals surface area contributed by atoms with E-state index in [-0.39, 0.29) is 34.7 Å². The van der Waals surface area contributed by atoms with Gasteiger partial charge in [0.15, 0.2) is 0 Å². The van der Waals surface area contributed by atoms with Gasteiger partial charge >= 0.3 is 0 Å². The maximum atomic E-state index is 12.6. The van der Waals surface area contributed by atoms with Gasteiger partial charge in [0, 0.05) is 38.3 Å². The van der Waals surface area contributed by atoms with Gasteiger partial charge in [0.1, 0.15) is 0 Å². The number of sulfonamides is 2. The van der Waals surface area contributed by atoms with Crippen LogP contribution in [-0.2, 0) is 29.6 Å². The monoisotopic (exact) mass is 496 g/mol. The van der Waals surface area contributed by atoms with Gasteiger partial charge in [-0.25, -0.2) is 26.3 Å². The number of nitrogens with one attached hydrogen (secondary N) is 4. The van der Waals surface area contributed by atoms with Crippen LogP contribution in [0.3, 0.4) is 0 Å². The molecule has 0 aliphatic carbocycles. The van der Waals surface area contributed by atoms with E-state index in [2.05, 4.69) is 20.1 Å². The number of benzene rings is 2. The average molecular weight is 497 g/mol. The maximum absolute atomic E-state index is 12.6. The first-order valence-corrected chi connectivity index (χ1v) is 12.9. The summed E-state index contributed by atoms with van der Waals surface area (Å²) in [5.74, 6) is -0.534. The van der Waals surface area contributed by atoms with Gasteiger partial charge in [0.05, 0.1) is 9.79 Å². The lowest BCUT2D eigenvalue weighted by atomic mass is 9.95. The quantitative estimate of drug-likeness (QED) is 0.394. The van der Waals surface area contributed by atoms with Crippen LogP contribution in [0.25, 0.3) is 0 Å². The van der Waals surface area contributed by atoms with E-state index >= 15 is 0 Å². The Kier molecular flexibility index (Phi) is 8.36. The van der Waals surface area contributed by atoms with E-state index in [0.717, 1.165) is 0 Å². The minimum Gasteiger partial charge on any atom is -0.326 e. The van der Waals surface area contributed by atoms with Crippen molar-refractivity contribution in [3.05, 3.63) is 48.5 Å².